The predicted molar refractivity (Wildman–Crippen MR) is 83.8 cm³/mol. The molecule has 6 nitrogen and oxygen atoms in total. The highest BCUT2D eigenvalue weighted by molar-refractivity contribution is 6.68. The number of carbonyl (C=O) groups is 1. The van der Waals surface area contributed by atoms with Crippen molar-refractivity contribution in [3.05, 3.63) is 34.4 Å². The number of anilines is 1. The van der Waals surface area contributed by atoms with Gasteiger partial charge in [-0.3, -0.25) is 14.9 Å². The number of carbonyl (C=O) groups excluding carboxylic acids is 1. The van der Waals surface area contributed by atoms with E-state index in [-0.39, 0.29) is 11.6 Å². The Labute approximate surface area is 136 Å². The fourth-order valence-corrected chi connectivity index (χ4v) is 1.83. The van der Waals surface area contributed by atoms with Gasteiger partial charge in [-0.2, -0.15) is 0 Å². The minimum absolute atomic E-state index is 0.0546. The lowest BCUT2D eigenvalue weighted by atomic mass is 10.2. The number of nitrogens with one attached hydrogen (secondary N) is 2. The molecule has 0 heterocycles. The van der Waals surface area contributed by atoms with Gasteiger partial charge in [-0.05, 0) is 18.6 Å². The zero-order valence-corrected chi connectivity index (χ0v) is 13.4. The van der Waals surface area contributed by atoms with Gasteiger partial charge in [0.1, 0.15) is 6.17 Å². The summed E-state index contributed by atoms with van der Waals surface area (Å²) in [4.78, 5) is 21.7. The van der Waals surface area contributed by atoms with E-state index >= 15 is 0 Å². The lowest BCUT2D eigenvalue weighted by Gasteiger charge is -2.27. The molecule has 1 amide bonds. The number of halogens is 3. The Hall–Kier alpha value is -1.24. The second-order valence-corrected chi connectivity index (χ2v) is 6.61. The van der Waals surface area contributed by atoms with Gasteiger partial charge in [-0.1, -0.05) is 41.7 Å². The number of benzene rings is 1. The van der Waals surface area contributed by atoms with E-state index in [4.69, 9.17) is 34.8 Å². The predicted octanol–water partition coefficient (Wildman–Crippen LogP) is 3.62. The topological polar surface area (TPSA) is 84.3 Å². The summed E-state index contributed by atoms with van der Waals surface area (Å²) < 4.78 is -1.77. The van der Waals surface area contributed by atoms with Gasteiger partial charge >= 0.3 is 0 Å². The number of alkyl halides is 3. The maximum absolute atomic E-state index is 11.6. The van der Waals surface area contributed by atoms with Crippen LogP contribution in [0.25, 0.3) is 0 Å². The van der Waals surface area contributed by atoms with Crippen LogP contribution in [0.4, 0.5) is 11.4 Å². The first kappa shape index (κ1) is 17.8. The lowest BCUT2D eigenvalue weighted by molar-refractivity contribution is -0.384. The van der Waals surface area contributed by atoms with E-state index in [0.717, 1.165) is 0 Å². The normalized spacial score (nSPS) is 12.6. The van der Waals surface area contributed by atoms with Crippen molar-refractivity contribution in [2.24, 2.45) is 0 Å². The molecule has 0 saturated heterocycles. The van der Waals surface area contributed by atoms with Crippen LogP contribution in [0.5, 0.6) is 0 Å². The van der Waals surface area contributed by atoms with E-state index in [1.807, 2.05) is 6.92 Å². The fourth-order valence-electron chi connectivity index (χ4n) is 1.51. The summed E-state index contributed by atoms with van der Waals surface area (Å²) in [6.45, 7) is 1.85. The largest absolute Gasteiger partial charge is 0.362 e. The van der Waals surface area contributed by atoms with Crippen molar-refractivity contribution in [1.29, 1.82) is 0 Å². The zero-order valence-electron chi connectivity index (χ0n) is 11.1. The molecule has 1 rings (SSSR count). The summed E-state index contributed by atoms with van der Waals surface area (Å²) >= 11 is 17.5. The fraction of sp³-hybridized carbons (Fsp3) is 0.417. The Morgan fingerprint density at radius 2 is 1.90 bits per heavy atom. The van der Waals surface area contributed by atoms with Crippen molar-refractivity contribution in [3.8, 4) is 0 Å². The molecule has 0 bridgehead atoms. The molecule has 1 aromatic carbocycles. The van der Waals surface area contributed by atoms with Gasteiger partial charge in [0, 0.05) is 24.2 Å². The van der Waals surface area contributed by atoms with E-state index in [1.165, 1.54) is 24.3 Å². The van der Waals surface area contributed by atoms with Gasteiger partial charge in [0.15, 0.2) is 0 Å². The van der Waals surface area contributed by atoms with Crippen LogP contribution in [-0.4, -0.2) is 20.8 Å². The minimum atomic E-state index is -1.77. The number of nitrogens with zero attached hydrogens (tertiary/aromatic N) is 1. The third-order valence-corrected chi connectivity index (χ3v) is 3.15. The quantitative estimate of drug-likeness (QED) is 0.354. The minimum Gasteiger partial charge on any atom is -0.362 e. The highest BCUT2D eigenvalue weighted by Crippen LogP contribution is 2.31. The number of hydrogen-bond acceptors (Lipinski definition) is 4. The smallest absolute Gasteiger partial charge is 0.269 e. The Morgan fingerprint density at radius 1 is 1.33 bits per heavy atom. The summed E-state index contributed by atoms with van der Waals surface area (Å²) in [5, 5.41) is 16.0. The maximum atomic E-state index is 11.6. The van der Waals surface area contributed by atoms with Crippen molar-refractivity contribution in [3.63, 3.8) is 0 Å². The molecule has 2 N–H and O–H groups in total. The van der Waals surface area contributed by atoms with Crippen LogP contribution >= 0.6 is 34.8 Å². The first-order chi connectivity index (χ1) is 9.74. The SMILES string of the molecule is CCCC(=O)N[C@H](Nc1ccc([N+](=O)[O-])cc1)C(Cl)(Cl)Cl. The molecule has 0 radical (unpaired) electrons. The van der Waals surface area contributed by atoms with Crippen molar-refractivity contribution in [2.75, 3.05) is 5.32 Å². The monoisotopic (exact) mass is 353 g/mol. The van der Waals surface area contributed by atoms with Crippen LogP contribution in [0, 0.1) is 10.1 Å². The molecule has 0 fully saturated rings. The Bertz CT molecular complexity index is 503. The van der Waals surface area contributed by atoms with Crippen molar-refractivity contribution in [1.82, 2.24) is 5.32 Å². The standard InChI is InChI=1S/C12H14Cl3N3O3/c1-2-3-10(19)17-11(12(13,14)15)16-8-4-6-9(7-5-8)18(20)21/h4-7,11,16H,2-3H2,1H3,(H,17,19)/t11-/m0/s1. The third kappa shape index (κ3) is 5.95. The maximum Gasteiger partial charge on any atom is 0.269 e. The van der Waals surface area contributed by atoms with Gasteiger partial charge in [0.05, 0.1) is 4.92 Å². The Balaban J connectivity index is 2.81. The molecule has 1 aromatic rings. The van der Waals surface area contributed by atoms with E-state index in [9.17, 15) is 14.9 Å². The molecule has 1 atom stereocenters. The molecular weight excluding hydrogens is 341 g/mol. The van der Waals surface area contributed by atoms with Gasteiger partial charge in [-0.15, -0.1) is 0 Å². The van der Waals surface area contributed by atoms with E-state index in [2.05, 4.69) is 10.6 Å². The summed E-state index contributed by atoms with van der Waals surface area (Å²) in [6, 6.07) is 5.55. The summed E-state index contributed by atoms with van der Waals surface area (Å²) in [5.74, 6) is -0.261. The first-order valence-electron chi connectivity index (χ1n) is 6.11. The number of non-ortho nitro benzene ring substituents is 1. The number of amides is 1. The number of nitro groups is 1. The van der Waals surface area contributed by atoms with Crippen LogP contribution < -0.4 is 10.6 Å². The average molecular weight is 355 g/mol. The van der Waals surface area contributed by atoms with E-state index < -0.39 is 14.9 Å². The third-order valence-electron chi connectivity index (χ3n) is 2.50. The molecular formula is C12H14Cl3N3O3. The van der Waals surface area contributed by atoms with Crippen molar-refractivity contribution in [2.45, 2.75) is 29.7 Å². The second kappa shape index (κ2) is 7.68. The highest BCUT2D eigenvalue weighted by Gasteiger charge is 2.33. The van der Waals surface area contributed by atoms with Crippen LogP contribution in [0.1, 0.15) is 19.8 Å². The highest BCUT2D eigenvalue weighted by atomic mass is 35.6. The van der Waals surface area contributed by atoms with Crippen LogP contribution in [0.15, 0.2) is 24.3 Å². The number of rotatable bonds is 6. The summed E-state index contributed by atoms with van der Waals surface area (Å²) in [5.41, 5.74) is 0.426. The lowest BCUT2D eigenvalue weighted by Crippen LogP contribution is -2.49. The van der Waals surface area contributed by atoms with E-state index in [1.54, 1.807) is 0 Å². The first-order valence-corrected chi connectivity index (χ1v) is 7.24. The Morgan fingerprint density at radius 3 is 2.33 bits per heavy atom. The molecule has 0 unspecified atom stereocenters. The van der Waals surface area contributed by atoms with Crippen LogP contribution in [-0.2, 0) is 4.79 Å². The van der Waals surface area contributed by atoms with Gasteiger partial charge in [-0.25, -0.2) is 0 Å². The Kier molecular flexibility index (Phi) is 6.51. The second-order valence-electron chi connectivity index (χ2n) is 4.24. The average Bonchev–Trinajstić information content (AvgIpc) is 2.37. The summed E-state index contributed by atoms with van der Waals surface area (Å²) in [6.07, 6.45) is 0.0118. The van der Waals surface area contributed by atoms with Gasteiger partial charge in [0.25, 0.3) is 5.69 Å². The molecule has 0 spiro atoms. The van der Waals surface area contributed by atoms with Gasteiger partial charge in [0.2, 0.25) is 9.70 Å². The molecule has 21 heavy (non-hydrogen) atoms. The van der Waals surface area contributed by atoms with Crippen LogP contribution in [0.2, 0.25) is 0 Å². The van der Waals surface area contributed by atoms with Crippen molar-refractivity contribution >= 4 is 52.1 Å². The molecule has 0 aliphatic rings. The molecule has 0 aromatic heterocycles. The van der Waals surface area contributed by atoms with Gasteiger partial charge < -0.3 is 10.6 Å². The van der Waals surface area contributed by atoms with Crippen molar-refractivity contribution < 1.29 is 9.72 Å². The molecule has 0 aliphatic carbocycles. The number of hydrogen-bond donors (Lipinski definition) is 2. The zero-order chi connectivity index (χ0) is 16.0. The molecule has 9 heteroatoms. The molecule has 116 valence electrons. The van der Waals surface area contributed by atoms with E-state index in [0.29, 0.717) is 18.5 Å². The molecule has 0 aliphatic heterocycles. The number of nitro benzene ring substituents is 1. The summed E-state index contributed by atoms with van der Waals surface area (Å²) in [7, 11) is 0. The molecule has 0 saturated carbocycles. The van der Waals surface area contributed by atoms with Crippen LogP contribution in [0.3, 0.4) is 0 Å².